The molecular formula is C22H23FN2O4. The summed E-state index contributed by atoms with van der Waals surface area (Å²) < 4.78 is 18.9. The molecule has 2 aromatic carbocycles. The zero-order valence-corrected chi connectivity index (χ0v) is 16.2. The highest BCUT2D eigenvalue weighted by molar-refractivity contribution is 6.07. The van der Waals surface area contributed by atoms with Crippen molar-refractivity contribution >= 4 is 11.9 Å². The number of β-amino-alcohol motifs (C(OH)–C–C–N with tert-alkyl or cyclic N) is 1. The number of aliphatic hydroxyl groups is 1. The normalized spacial score (nSPS) is 21.8. The third-order valence-corrected chi connectivity index (χ3v) is 5.61. The van der Waals surface area contributed by atoms with E-state index in [-0.39, 0.29) is 18.9 Å². The van der Waals surface area contributed by atoms with Gasteiger partial charge in [-0.3, -0.25) is 9.69 Å². The molecular weight excluding hydrogens is 375 g/mol. The van der Waals surface area contributed by atoms with Gasteiger partial charge in [0, 0.05) is 0 Å². The maximum absolute atomic E-state index is 13.6. The van der Waals surface area contributed by atoms with Gasteiger partial charge in [-0.05, 0) is 55.0 Å². The molecule has 1 aliphatic carbocycles. The number of halogens is 1. The monoisotopic (exact) mass is 398 g/mol. The number of hydrogen-bond acceptors (Lipinski definition) is 4. The highest BCUT2D eigenvalue weighted by Gasteiger charge is 2.49. The van der Waals surface area contributed by atoms with Gasteiger partial charge in [0.25, 0.3) is 5.91 Å². The number of nitrogens with zero attached hydrogens (tertiary/aromatic N) is 1. The van der Waals surface area contributed by atoms with Crippen LogP contribution in [0.3, 0.4) is 0 Å². The maximum atomic E-state index is 13.6. The molecule has 29 heavy (non-hydrogen) atoms. The van der Waals surface area contributed by atoms with Crippen LogP contribution in [0.15, 0.2) is 42.5 Å². The smallest absolute Gasteiger partial charge is 0.325 e. The first-order chi connectivity index (χ1) is 13.9. The minimum atomic E-state index is -1.18. The van der Waals surface area contributed by atoms with E-state index in [4.69, 9.17) is 4.74 Å². The molecule has 1 heterocycles. The Morgan fingerprint density at radius 1 is 1.21 bits per heavy atom. The summed E-state index contributed by atoms with van der Waals surface area (Å²) in [5.74, 6) is -0.962. The fraction of sp³-hybridized carbons (Fsp3) is 0.364. The van der Waals surface area contributed by atoms with Gasteiger partial charge < -0.3 is 15.2 Å². The lowest BCUT2D eigenvalue weighted by atomic mass is 9.89. The minimum absolute atomic E-state index is 0.00623. The van der Waals surface area contributed by atoms with Crippen molar-refractivity contribution in [3.63, 3.8) is 0 Å². The molecule has 2 aliphatic rings. The summed E-state index contributed by atoms with van der Waals surface area (Å²) in [5.41, 5.74) is 2.05. The number of carbonyl (C=O) groups excluding carboxylic acids is 2. The average Bonchev–Trinajstić information content (AvgIpc) is 3.26. The van der Waals surface area contributed by atoms with Gasteiger partial charge in [0.05, 0.1) is 6.54 Å². The lowest BCUT2D eigenvalue weighted by Gasteiger charge is -2.24. The molecule has 3 amide bonds. The van der Waals surface area contributed by atoms with Crippen LogP contribution >= 0.6 is 0 Å². The molecule has 0 unspecified atom stereocenters. The number of carbonyl (C=O) groups is 2. The van der Waals surface area contributed by atoms with Crippen LogP contribution < -0.4 is 10.1 Å². The predicted molar refractivity (Wildman–Crippen MR) is 104 cm³/mol. The van der Waals surface area contributed by atoms with E-state index in [1.807, 2.05) is 18.2 Å². The van der Waals surface area contributed by atoms with E-state index in [1.54, 1.807) is 13.0 Å². The fourth-order valence-corrected chi connectivity index (χ4v) is 3.95. The van der Waals surface area contributed by atoms with Gasteiger partial charge >= 0.3 is 6.03 Å². The highest BCUT2D eigenvalue weighted by Crippen LogP contribution is 2.32. The Labute approximate surface area is 168 Å². The van der Waals surface area contributed by atoms with Crippen LogP contribution in [0.2, 0.25) is 0 Å². The summed E-state index contributed by atoms with van der Waals surface area (Å²) in [6.07, 6.45) is 1.95. The van der Waals surface area contributed by atoms with Gasteiger partial charge in [0.1, 0.15) is 18.2 Å². The molecule has 1 saturated heterocycles. The molecule has 4 rings (SSSR count). The number of fused-ring (bicyclic) bond motifs is 1. The number of aryl methyl sites for hydroxylation is 2. The standard InChI is InChI=1S/C22H23FN2O4/c1-22(16-10-9-14-5-4-6-15(14)11-16)20(27)25(21(28)24-22)12-17(26)13-29-19-8-3-2-7-18(19)23/h2-3,7-11,17,26H,4-6,12-13H2,1H3,(H,24,28)/t17-,22-/m1/s1. The average molecular weight is 398 g/mol. The lowest BCUT2D eigenvalue weighted by Crippen LogP contribution is -2.42. The van der Waals surface area contributed by atoms with Gasteiger partial charge in [-0.25, -0.2) is 9.18 Å². The molecule has 6 nitrogen and oxygen atoms in total. The number of ether oxygens (including phenoxy) is 1. The number of imide groups is 1. The maximum Gasteiger partial charge on any atom is 0.325 e. The van der Waals surface area contributed by atoms with Crippen molar-refractivity contribution in [3.8, 4) is 5.75 Å². The number of nitrogens with one attached hydrogen (secondary N) is 1. The van der Waals surface area contributed by atoms with Gasteiger partial charge in [0.15, 0.2) is 11.6 Å². The third-order valence-electron chi connectivity index (χ3n) is 5.61. The van der Waals surface area contributed by atoms with Gasteiger partial charge in [-0.2, -0.15) is 0 Å². The highest BCUT2D eigenvalue weighted by atomic mass is 19.1. The third kappa shape index (κ3) is 3.58. The Hall–Kier alpha value is -2.93. The van der Waals surface area contributed by atoms with Crippen molar-refractivity contribution in [1.82, 2.24) is 10.2 Å². The SMILES string of the molecule is C[C@]1(c2ccc3c(c2)CCC3)NC(=O)N(C[C@@H](O)COc2ccccc2F)C1=O. The van der Waals surface area contributed by atoms with E-state index < -0.39 is 29.4 Å². The zero-order valence-electron chi connectivity index (χ0n) is 16.2. The van der Waals surface area contributed by atoms with Gasteiger partial charge in [0.2, 0.25) is 0 Å². The molecule has 0 spiro atoms. The van der Waals surface area contributed by atoms with Crippen LogP contribution in [0.25, 0.3) is 0 Å². The van der Waals surface area contributed by atoms with E-state index in [2.05, 4.69) is 5.32 Å². The number of para-hydroxylation sites is 1. The van der Waals surface area contributed by atoms with Crippen LogP contribution in [0.4, 0.5) is 9.18 Å². The van der Waals surface area contributed by atoms with Crippen LogP contribution in [0.1, 0.15) is 30.0 Å². The summed E-state index contributed by atoms with van der Waals surface area (Å²) >= 11 is 0. The quantitative estimate of drug-likeness (QED) is 0.733. The second kappa shape index (κ2) is 7.48. The molecule has 1 aliphatic heterocycles. The minimum Gasteiger partial charge on any atom is -0.488 e. The van der Waals surface area contributed by atoms with E-state index in [9.17, 15) is 19.1 Å². The van der Waals surface area contributed by atoms with Crippen molar-refractivity contribution in [1.29, 1.82) is 0 Å². The Balaban J connectivity index is 1.44. The number of amides is 3. The van der Waals surface area contributed by atoms with Gasteiger partial charge in [-0.15, -0.1) is 0 Å². The van der Waals surface area contributed by atoms with E-state index >= 15 is 0 Å². The van der Waals surface area contributed by atoms with Crippen LogP contribution in [0.5, 0.6) is 5.75 Å². The Morgan fingerprint density at radius 3 is 2.76 bits per heavy atom. The summed E-state index contributed by atoms with van der Waals surface area (Å²) in [5, 5.41) is 13.0. The molecule has 0 aromatic heterocycles. The Morgan fingerprint density at radius 2 is 1.97 bits per heavy atom. The first-order valence-corrected chi connectivity index (χ1v) is 9.70. The Bertz CT molecular complexity index is 964. The van der Waals surface area contributed by atoms with E-state index in [0.29, 0.717) is 0 Å². The summed E-state index contributed by atoms with van der Waals surface area (Å²) in [7, 11) is 0. The molecule has 152 valence electrons. The molecule has 2 atom stereocenters. The molecule has 0 radical (unpaired) electrons. The first-order valence-electron chi connectivity index (χ1n) is 9.70. The molecule has 0 bridgehead atoms. The number of hydrogen-bond donors (Lipinski definition) is 2. The summed E-state index contributed by atoms with van der Waals surface area (Å²) in [4.78, 5) is 26.5. The van der Waals surface area contributed by atoms with Gasteiger partial charge in [-0.1, -0.05) is 30.3 Å². The molecule has 0 saturated carbocycles. The van der Waals surface area contributed by atoms with Crippen LogP contribution in [-0.4, -0.2) is 41.2 Å². The molecule has 2 aromatic rings. The van der Waals surface area contributed by atoms with Crippen molar-refractivity contribution in [3.05, 3.63) is 65.0 Å². The summed E-state index contributed by atoms with van der Waals surface area (Å²) in [6.45, 7) is 1.19. The molecule has 2 N–H and O–H groups in total. The van der Waals surface area contributed by atoms with Crippen LogP contribution in [-0.2, 0) is 23.2 Å². The second-order valence-electron chi connectivity index (χ2n) is 7.70. The van der Waals surface area contributed by atoms with Crippen LogP contribution in [0, 0.1) is 5.82 Å². The first kappa shape index (κ1) is 19.4. The topological polar surface area (TPSA) is 78.9 Å². The molecule has 1 fully saturated rings. The zero-order chi connectivity index (χ0) is 20.6. The van der Waals surface area contributed by atoms with E-state index in [0.717, 1.165) is 29.7 Å². The number of urea groups is 1. The number of benzene rings is 2. The molecule has 7 heteroatoms. The fourth-order valence-electron chi connectivity index (χ4n) is 3.95. The van der Waals surface area contributed by atoms with Crippen molar-refractivity contribution in [2.75, 3.05) is 13.2 Å². The Kier molecular flexibility index (Phi) is 5.00. The number of aliphatic hydroxyl groups excluding tert-OH is 1. The number of rotatable bonds is 6. The largest absolute Gasteiger partial charge is 0.488 e. The van der Waals surface area contributed by atoms with Crippen molar-refractivity contribution in [2.45, 2.75) is 37.8 Å². The lowest BCUT2D eigenvalue weighted by molar-refractivity contribution is -0.132. The van der Waals surface area contributed by atoms with Crippen molar-refractivity contribution in [2.24, 2.45) is 0 Å². The summed E-state index contributed by atoms with van der Waals surface area (Å²) in [6, 6.07) is 11.2. The predicted octanol–water partition coefficient (Wildman–Crippen LogP) is 2.52. The van der Waals surface area contributed by atoms with E-state index in [1.165, 1.54) is 29.3 Å². The van der Waals surface area contributed by atoms with Crippen molar-refractivity contribution < 1.29 is 23.8 Å². The second-order valence-corrected chi connectivity index (χ2v) is 7.70.